The lowest BCUT2D eigenvalue weighted by Crippen LogP contribution is -2.21. The zero-order valence-corrected chi connectivity index (χ0v) is 9.91. The fourth-order valence-electron chi connectivity index (χ4n) is 1.71. The molecule has 0 aliphatic heterocycles. The maximum Gasteiger partial charge on any atom is 0.335 e. The van der Waals surface area contributed by atoms with E-state index in [2.05, 4.69) is 5.10 Å². The first-order valence-electron chi connectivity index (χ1n) is 5.48. The van der Waals surface area contributed by atoms with Crippen LogP contribution in [0.15, 0.2) is 35.4 Å². The van der Waals surface area contributed by atoms with Gasteiger partial charge < -0.3 is 9.67 Å². The molecule has 2 rings (SSSR count). The SMILES string of the molecule is Cn1nccc1CCn1ccc(C(=O)O)cc1=O. The number of carboxylic acids is 1. The van der Waals surface area contributed by atoms with E-state index in [0.717, 1.165) is 11.8 Å². The zero-order valence-electron chi connectivity index (χ0n) is 9.91. The minimum atomic E-state index is -1.09. The number of rotatable bonds is 4. The average molecular weight is 247 g/mol. The van der Waals surface area contributed by atoms with Gasteiger partial charge in [0, 0.05) is 44.2 Å². The number of aromatic carboxylic acids is 1. The predicted octanol–water partition coefficient (Wildman–Crippen LogP) is 0.523. The van der Waals surface area contributed by atoms with Gasteiger partial charge in [-0.05, 0) is 12.1 Å². The first kappa shape index (κ1) is 12.1. The standard InChI is InChI=1S/C12H13N3O3/c1-14-10(2-5-13-14)4-7-15-6-3-9(12(17)18)8-11(15)16/h2-3,5-6,8H,4,7H2,1H3,(H,17,18). The van der Waals surface area contributed by atoms with Crippen LogP contribution in [0.25, 0.3) is 0 Å². The van der Waals surface area contributed by atoms with Gasteiger partial charge in [-0.1, -0.05) is 0 Å². The van der Waals surface area contributed by atoms with Gasteiger partial charge in [-0.15, -0.1) is 0 Å². The highest BCUT2D eigenvalue weighted by molar-refractivity contribution is 5.87. The van der Waals surface area contributed by atoms with Crippen LogP contribution >= 0.6 is 0 Å². The Kier molecular flexibility index (Phi) is 3.27. The summed E-state index contributed by atoms with van der Waals surface area (Å²) < 4.78 is 3.23. The second-order valence-corrected chi connectivity index (χ2v) is 3.95. The number of hydrogen-bond acceptors (Lipinski definition) is 3. The van der Waals surface area contributed by atoms with Gasteiger partial charge in [0.05, 0.1) is 5.56 Å². The molecule has 18 heavy (non-hydrogen) atoms. The maximum absolute atomic E-state index is 11.7. The Morgan fingerprint density at radius 2 is 2.22 bits per heavy atom. The van der Waals surface area contributed by atoms with E-state index >= 15 is 0 Å². The molecule has 0 fully saturated rings. The fourth-order valence-corrected chi connectivity index (χ4v) is 1.71. The highest BCUT2D eigenvalue weighted by atomic mass is 16.4. The summed E-state index contributed by atoms with van der Waals surface area (Å²) in [6, 6.07) is 4.44. The number of nitrogens with zero attached hydrogens (tertiary/aromatic N) is 3. The van der Waals surface area contributed by atoms with Gasteiger partial charge in [-0.3, -0.25) is 9.48 Å². The van der Waals surface area contributed by atoms with E-state index in [1.807, 2.05) is 13.1 Å². The van der Waals surface area contributed by atoms with Crippen LogP contribution in [-0.4, -0.2) is 25.4 Å². The molecule has 0 saturated heterocycles. The van der Waals surface area contributed by atoms with Gasteiger partial charge in [-0.25, -0.2) is 4.79 Å². The molecule has 6 heteroatoms. The number of aryl methyl sites for hydroxylation is 3. The summed E-state index contributed by atoms with van der Waals surface area (Å²) in [4.78, 5) is 22.4. The summed E-state index contributed by atoms with van der Waals surface area (Å²) in [5.74, 6) is -1.09. The summed E-state index contributed by atoms with van der Waals surface area (Å²) in [5.41, 5.74) is 0.720. The molecule has 0 atom stereocenters. The van der Waals surface area contributed by atoms with Crippen molar-refractivity contribution in [3.8, 4) is 0 Å². The second kappa shape index (κ2) is 4.87. The molecule has 2 aromatic rings. The Balaban J connectivity index is 2.13. The highest BCUT2D eigenvalue weighted by Gasteiger charge is 2.05. The van der Waals surface area contributed by atoms with Gasteiger partial charge in [-0.2, -0.15) is 5.10 Å². The molecule has 1 N–H and O–H groups in total. The molecule has 0 bridgehead atoms. The zero-order chi connectivity index (χ0) is 13.1. The third-order valence-electron chi connectivity index (χ3n) is 2.77. The molecule has 0 amide bonds. The second-order valence-electron chi connectivity index (χ2n) is 3.95. The van der Waals surface area contributed by atoms with Crippen molar-refractivity contribution in [1.29, 1.82) is 0 Å². The quantitative estimate of drug-likeness (QED) is 0.854. The van der Waals surface area contributed by atoms with Crippen LogP contribution in [-0.2, 0) is 20.0 Å². The summed E-state index contributed by atoms with van der Waals surface area (Å²) >= 11 is 0. The molecule has 0 radical (unpaired) electrons. The first-order chi connectivity index (χ1) is 8.58. The number of hydrogen-bond donors (Lipinski definition) is 1. The van der Waals surface area contributed by atoms with Crippen LogP contribution in [0.2, 0.25) is 0 Å². The molecule has 0 aliphatic rings. The Labute approximate surface area is 103 Å². The lowest BCUT2D eigenvalue weighted by Gasteiger charge is -2.06. The number of carboxylic acid groups (broad SMARTS) is 1. The average Bonchev–Trinajstić information content (AvgIpc) is 2.73. The van der Waals surface area contributed by atoms with Gasteiger partial charge in [0.2, 0.25) is 0 Å². The molecule has 94 valence electrons. The van der Waals surface area contributed by atoms with Crippen LogP contribution in [0.5, 0.6) is 0 Å². The summed E-state index contributed by atoms with van der Waals surface area (Å²) in [7, 11) is 1.84. The van der Waals surface area contributed by atoms with Gasteiger partial charge >= 0.3 is 5.97 Å². The van der Waals surface area contributed by atoms with Crippen molar-refractivity contribution in [2.75, 3.05) is 0 Å². The van der Waals surface area contributed by atoms with E-state index in [-0.39, 0.29) is 11.1 Å². The third kappa shape index (κ3) is 2.48. The molecule has 0 spiro atoms. The van der Waals surface area contributed by atoms with E-state index in [1.165, 1.54) is 16.8 Å². The van der Waals surface area contributed by atoms with Crippen molar-refractivity contribution in [2.45, 2.75) is 13.0 Å². The maximum atomic E-state index is 11.7. The molecule has 0 unspecified atom stereocenters. The molecule has 2 heterocycles. The number of carbonyl (C=O) groups is 1. The van der Waals surface area contributed by atoms with Crippen molar-refractivity contribution in [2.24, 2.45) is 7.05 Å². The van der Waals surface area contributed by atoms with Crippen LogP contribution in [0.4, 0.5) is 0 Å². The van der Waals surface area contributed by atoms with Gasteiger partial charge in [0.1, 0.15) is 0 Å². The van der Waals surface area contributed by atoms with Gasteiger partial charge in [0.15, 0.2) is 0 Å². The van der Waals surface area contributed by atoms with Crippen molar-refractivity contribution < 1.29 is 9.90 Å². The summed E-state index contributed by atoms with van der Waals surface area (Å²) in [6.07, 6.45) is 3.87. The van der Waals surface area contributed by atoms with E-state index in [4.69, 9.17) is 5.11 Å². The lowest BCUT2D eigenvalue weighted by atomic mass is 10.2. The lowest BCUT2D eigenvalue weighted by molar-refractivity contribution is 0.0696. The molecule has 0 aromatic carbocycles. The molecule has 6 nitrogen and oxygen atoms in total. The summed E-state index contributed by atoms with van der Waals surface area (Å²) in [6.45, 7) is 0.498. The number of pyridine rings is 1. The van der Waals surface area contributed by atoms with E-state index in [9.17, 15) is 9.59 Å². The minimum Gasteiger partial charge on any atom is -0.478 e. The monoisotopic (exact) mass is 247 g/mol. The molecule has 2 aromatic heterocycles. The largest absolute Gasteiger partial charge is 0.478 e. The summed E-state index contributed by atoms with van der Waals surface area (Å²) in [5, 5.41) is 12.8. The van der Waals surface area contributed by atoms with E-state index in [0.29, 0.717) is 13.0 Å². The van der Waals surface area contributed by atoms with Crippen molar-refractivity contribution in [1.82, 2.24) is 14.3 Å². The van der Waals surface area contributed by atoms with Crippen LogP contribution in [0.1, 0.15) is 16.1 Å². The fraction of sp³-hybridized carbons (Fsp3) is 0.250. The topological polar surface area (TPSA) is 77.1 Å². The molecular formula is C12H13N3O3. The van der Waals surface area contributed by atoms with Crippen molar-refractivity contribution in [3.05, 3.63) is 52.2 Å². The number of aromatic nitrogens is 3. The molecule has 0 aliphatic carbocycles. The van der Waals surface area contributed by atoms with E-state index < -0.39 is 5.97 Å². The van der Waals surface area contributed by atoms with Gasteiger partial charge in [0.25, 0.3) is 5.56 Å². The van der Waals surface area contributed by atoms with Crippen LogP contribution in [0.3, 0.4) is 0 Å². The normalized spacial score (nSPS) is 10.5. The Bertz CT molecular complexity index is 627. The van der Waals surface area contributed by atoms with E-state index in [1.54, 1.807) is 10.9 Å². The first-order valence-corrected chi connectivity index (χ1v) is 5.48. The smallest absolute Gasteiger partial charge is 0.335 e. The highest BCUT2D eigenvalue weighted by Crippen LogP contribution is 2.00. The predicted molar refractivity (Wildman–Crippen MR) is 64.6 cm³/mol. The van der Waals surface area contributed by atoms with Crippen LogP contribution < -0.4 is 5.56 Å². The Morgan fingerprint density at radius 1 is 1.44 bits per heavy atom. The Hall–Kier alpha value is -2.37. The van der Waals surface area contributed by atoms with Crippen molar-refractivity contribution >= 4 is 5.97 Å². The molecule has 0 saturated carbocycles. The third-order valence-corrected chi connectivity index (χ3v) is 2.77. The van der Waals surface area contributed by atoms with Crippen molar-refractivity contribution in [3.63, 3.8) is 0 Å². The van der Waals surface area contributed by atoms with Crippen LogP contribution in [0, 0.1) is 0 Å². The Morgan fingerprint density at radius 3 is 2.78 bits per heavy atom. The molecular weight excluding hydrogens is 234 g/mol. The minimum absolute atomic E-state index is 0.0109.